The first-order valence-corrected chi connectivity index (χ1v) is 7.49. The highest BCUT2D eigenvalue weighted by Crippen LogP contribution is 2.22. The van der Waals surface area contributed by atoms with Gasteiger partial charge in [-0.15, -0.1) is 11.3 Å². The fourth-order valence-electron chi connectivity index (χ4n) is 2.64. The molecule has 2 atom stereocenters. The SMILES string of the molecule is NC1C=CC(C(=O)N2CCN(c3nccs3)CC2)C1. The molecule has 5 nitrogen and oxygen atoms in total. The summed E-state index contributed by atoms with van der Waals surface area (Å²) in [6.45, 7) is 3.28. The van der Waals surface area contributed by atoms with Gasteiger partial charge >= 0.3 is 0 Å². The summed E-state index contributed by atoms with van der Waals surface area (Å²) in [6, 6.07) is 0.0468. The largest absolute Gasteiger partial charge is 0.345 e. The summed E-state index contributed by atoms with van der Waals surface area (Å²) >= 11 is 1.65. The van der Waals surface area contributed by atoms with E-state index in [1.165, 1.54) is 0 Å². The van der Waals surface area contributed by atoms with E-state index in [9.17, 15) is 4.79 Å². The molecule has 0 radical (unpaired) electrons. The average molecular weight is 278 g/mol. The number of thiazole rings is 1. The standard InChI is InChI=1S/C13H18N4OS/c14-11-2-1-10(9-11)12(18)16-4-6-17(7-5-16)13-15-3-8-19-13/h1-3,8,10-11H,4-7,9,14H2. The molecule has 2 unspecified atom stereocenters. The summed E-state index contributed by atoms with van der Waals surface area (Å²) < 4.78 is 0. The third kappa shape index (κ3) is 2.64. The van der Waals surface area contributed by atoms with Crippen LogP contribution in [0.3, 0.4) is 0 Å². The molecule has 1 aliphatic heterocycles. The molecule has 1 aromatic heterocycles. The van der Waals surface area contributed by atoms with Gasteiger partial charge < -0.3 is 15.5 Å². The van der Waals surface area contributed by atoms with Crippen molar-refractivity contribution >= 4 is 22.4 Å². The zero-order valence-electron chi connectivity index (χ0n) is 10.7. The molecule has 2 N–H and O–H groups in total. The zero-order chi connectivity index (χ0) is 13.2. The zero-order valence-corrected chi connectivity index (χ0v) is 11.6. The Morgan fingerprint density at radius 1 is 1.32 bits per heavy atom. The lowest BCUT2D eigenvalue weighted by atomic mass is 10.1. The highest BCUT2D eigenvalue weighted by Gasteiger charge is 2.29. The van der Waals surface area contributed by atoms with Crippen LogP contribution in [-0.2, 0) is 4.79 Å². The number of anilines is 1. The monoisotopic (exact) mass is 278 g/mol. The van der Waals surface area contributed by atoms with E-state index in [-0.39, 0.29) is 17.9 Å². The van der Waals surface area contributed by atoms with Crippen molar-refractivity contribution in [1.82, 2.24) is 9.88 Å². The van der Waals surface area contributed by atoms with Crippen molar-refractivity contribution in [3.05, 3.63) is 23.7 Å². The van der Waals surface area contributed by atoms with Gasteiger partial charge in [-0.1, -0.05) is 12.2 Å². The van der Waals surface area contributed by atoms with Crippen LogP contribution in [0.15, 0.2) is 23.7 Å². The van der Waals surface area contributed by atoms with Crippen LogP contribution in [0.25, 0.3) is 0 Å². The van der Waals surface area contributed by atoms with E-state index in [0.717, 1.165) is 37.7 Å². The fraction of sp³-hybridized carbons (Fsp3) is 0.538. The lowest BCUT2D eigenvalue weighted by molar-refractivity contribution is -0.134. The van der Waals surface area contributed by atoms with Crippen molar-refractivity contribution < 1.29 is 4.79 Å². The highest BCUT2D eigenvalue weighted by molar-refractivity contribution is 7.13. The summed E-state index contributed by atoms with van der Waals surface area (Å²) in [5, 5.41) is 3.03. The third-order valence-electron chi connectivity index (χ3n) is 3.72. The van der Waals surface area contributed by atoms with Gasteiger partial charge in [-0.3, -0.25) is 4.79 Å². The molecule has 2 heterocycles. The molecule has 1 saturated heterocycles. The van der Waals surface area contributed by atoms with Gasteiger partial charge in [-0.2, -0.15) is 0 Å². The van der Waals surface area contributed by atoms with Gasteiger partial charge in [0.05, 0.1) is 5.92 Å². The molecule has 3 rings (SSSR count). The number of piperazine rings is 1. The number of amides is 1. The van der Waals surface area contributed by atoms with Crippen LogP contribution in [0.4, 0.5) is 5.13 Å². The van der Waals surface area contributed by atoms with Gasteiger partial charge in [0, 0.05) is 43.8 Å². The van der Waals surface area contributed by atoms with Crippen LogP contribution in [0.2, 0.25) is 0 Å². The van der Waals surface area contributed by atoms with Gasteiger partial charge in [0.15, 0.2) is 5.13 Å². The first kappa shape index (κ1) is 12.6. The van der Waals surface area contributed by atoms with Gasteiger partial charge in [0.25, 0.3) is 0 Å². The van der Waals surface area contributed by atoms with E-state index in [1.54, 1.807) is 11.3 Å². The number of rotatable bonds is 2. The fourth-order valence-corrected chi connectivity index (χ4v) is 3.33. The molecule has 0 spiro atoms. The van der Waals surface area contributed by atoms with E-state index in [2.05, 4.69) is 9.88 Å². The Morgan fingerprint density at radius 3 is 2.68 bits per heavy atom. The molecule has 1 aliphatic carbocycles. The molecule has 1 amide bonds. The van der Waals surface area contributed by atoms with Crippen molar-refractivity contribution in [3.8, 4) is 0 Å². The van der Waals surface area contributed by atoms with Crippen molar-refractivity contribution in [2.24, 2.45) is 11.7 Å². The topological polar surface area (TPSA) is 62.5 Å². The van der Waals surface area contributed by atoms with Crippen LogP contribution in [0.1, 0.15) is 6.42 Å². The van der Waals surface area contributed by atoms with Crippen LogP contribution in [0, 0.1) is 5.92 Å². The Hall–Kier alpha value is -1.40. The van der Waals surface area contributed by atoms with Gasteiger partial charge in [0.2, 0.25) is 5.91 Å². The number of nitrogens with zero attached hydrogens (tertiary/aromatic N) is 3. The Bertz CT molecular complexity index is 465. The molecule has 0 aromatic carbocycles. The minimum atomic E-state index is -0.0126. The molecule has 6 heteroatoms. The minimum Gasteiger partial charge on any atom is -0.345 e. The Morgan fingerprint density at radius 2 is 2.11 bits per heavy atom. The van der Waals surface area contributed by atoms with E-state index < -0.39 is 0 Å². The predicted molar refractivity (Wildman–Crippen MR) is 76.1 cm³/mol. The smallest absolute Gasteiger partial charge is 0.229 e. The summed E-state index contributed by atoms with van der Waals surface area (Å²) in [4.78, 5) is 20.8. The minimum absolute atomic E-state index is 0.0126. The van der Waals surface area contributed by atoms with Gasteiger partial charge in [0.1, 0.15) is 0 Å². The first-order valence-electron chi connectivity index (χ1n) is 6.61. The summed E-state index contributed by atoms with van der Waals surface area (Å²) in [6.07, 6.45) is 6.47. The Labute approximate surface area is 116 Å². The van der Waals surface area contributed by atoms with Gasteiger partial charge in [-0.25, -0.2) is 4.98 Å². The normalized spacial score (nSPS) is 27.0. The highest BCUT2D eigenvalue weighted by atomic mass is 32.1. The van der Waals surface area contributed by atoms with E-state index in [4.69, 9.17) is 5.73 Å². The van der Waals surface area contributed by atoms with E-state index in [0.29, 0.717) is 0 Å². The number of carbonyl (C=O) groups is 1. The lowest BCUT2D eigenvalue weighted by Crippen LogP contribution is -2.50. The van der Waals surface area contributed by atoms with E-state index >= 15 is 0 Å². The van der Waals surface area contributed by atoms with Crippen LogP contribution < -0.4 is 10.6 Å². The van der Waals surface area contributed by atoms with Crippen molar-refractivity contribution in [2.75, 3.05) is 31.1 Å². The number of carbonyl (C=O) groups excluding carboxylic acids is 1. The molecule has 1 aromatic rings. The van der Waals surface area contributed by atoms with Crippen LogP contribution >= 0.6 is 11.3 Å². The maximum Gasteiger partial charge on any atom is 0.229 e. The van der Waals surface area contributed by atoms with Crippen molar-refractivity contribution in [1.29, 1.82) is 0 Å². The van der Waals surface area contributed by atoms with Gasteiger partial charge in [-0.05, 0) is 6.42 Å². The summed E-state index contributed by atoms with van der Waals surface area (Å²) in [5.41, 5.74) is 5.81. The molecule has 19 heavy (non-hydrogen) atoms. The molecule has 2 aliphatic rings. The number of nitrogens with two attached hydrogens (primary N) is 1. The molecular weight excluding hydrogens is 260 g/mol. The maximum atomic E-state index is 12.3. The lowest BCUT2D eigenvalue weighted by Gasteiger charge is -2.35. The van der Waals surface area contributed by atoms with Crippen molar-refractivity contribution in [2.45, 2.75) is 12.5 Å². The second-order valence-corrected chi connectivity index (χ2v) is 5.89. The number of hydrogen-bond acceptors (Lipinski definition) is 5. The van der Waals surface area contributed by atoms with E-state index in [1.807, 2.05) is 28.6 Å². The number of hydrogen-bond donors (Lipinski definition) is 1. The second kappa shape index (κ2) is 5.30. The predicted octanol–water partition coefficient (Wildman–Crippen LogP) is 0.695. The molecule has 0 saturated carbocycles. The molecule has 0 bridgehead atoms. The van der Waals surface area contributed by atoms with Crippen LogP contribution in [-0.4, -0.2) is 48.0 Å². The summed E-state index contributed by atoms with van der Waals surface area (Å²) in [7, 11) is 0. The molecule has 1 fully saturated rings. The maximum absolute atomic E-state index is 12.3. The Balaban J connectivity index is 1.55. The first-order chi connectivity index (χ1) is 9.24. The molecule has 102 valence electrons. The summed E-state index contributed by atoms with van der Waals surface area (Å²) in [5.74, 6) is 0.212. The number of aromatic nitrogens is 1. The average Bonchev–Trinajstić information content (AvgIpc) is 3.09. The second-order valence-electron chi connectivity index (χ2n) is 5.02. The third-order valence-corrected chi connectivity index (χ3v) is 4.55. The van der Waals surface area contributed by atoms with Crippen LogP contribution in [0.5, 0.6) is 0 Å². The quantitative estimate of drug-likeness (QED) is 0.809. The van der Waals surface area contributed by atoms with Crippen molar-refractivity contribution in [3.63, 3.8) is 0 Å². The Kier molecular flexibility index (Phi) is 3.52. The molecular formula is C13H18N4OS.